The number of hydrogen-bond donors (Lipinski definition) is 0. The fraction of sp³-hybridized carbons (Fsp3) is 0.286. The number of aryl methyl sites for hydroxylation is 3. The van der Waals surface area contributed by atoms with Gasteiger partial charge in [0.25, 0.3) is 0 Å². The van der Waals surface area contributed by atoms with Crippen molar-refractivity contribution < 1.29 is 13.6 Å². The average Bonchev–Trinajstić information content (AvgIpc) is 3.52. The highest BCUT2D eigenvalue weighted by molar-refractivity contribution is 6.09. The number of furan rings is 1. The van der Waals surface area contributed by atoms with Crippen LogP contribution in [0.5, 0.6) is 0 Å². The zero-order valence-electron chi connectivity index (χ0n) is 32.1. The molecule has 0 aliphatic carbocycles. The summed E-state index contributed by atoms with van der Waals surface area (Å²) in [4.78, 5) is 5.31. The Kier molecular flexibility index (Phi) is 7.99. The number of aromatic nitrogens is 3. The molecule has 9 rings (SSSR count). The molecule has 264 valence electrons. The highest BCUT2D eigenvalue weighted by Gasteiger charge is 2.43. The van der Waals surface area contributed by atoms with Crippen LogP contribution in [0.3, 0.4) is 0 Å². The summed E-state index contributed by atoms with van der Waals surface area (Å²) >= 11 is 0. The molecule has 3 aromatic carbocycles. The molecular weight excluding hydrogens is 647 g/mol. The van der Waals surface area contributed by atoms with Crippen LogP contribution in [0.15, 0.2) is 108 Å². The molecule has 0 fully saturated rings. The number of benzene rings is 3. The molecule has 2 atom stereocenters. The van der Waals surface area contributed by atoms with Crippen LogP contribution in [0.2, 0.25) is 0 Å². The Morgan fingerprint density at radius 1 is 0.755 bits per heavy atom. The van der Waals surface area contributed by atoms with E-state index in [1.54, 1.807) is 0 Å². The standard InChI is InChI=1S/C49H49N3O/c1-28(2)35-14-11-15-36(29(3)4)47(35)42-22-21-40-39-20-18-34-19-25-44-41(37-12-9-10-13-38(37)43-23-16-30(5)27-51(43)44)26-32(7)52-33(8)31(6)17-24-45(52)46(34)48(39)53-49(40)50-42/h9-18,20-24,27-29,41,44H,7,19,25-26H2,1-6,8H3/q+2. The second kappa shape index (κ2) is 12.7. The molecule has 0 radical (unpaired) electrons. The Balaban J connectivity index is 1.27. The van der Waals surface area contributed by atoms with Crippen LogP contribution in [0.4, 0.5) is 0 Å². The van der Waals surface area contributed by atoms with Crippen molar-refractivity contribution in [2.75, 3.05) is 0 Å². The van der Waals surface area contributed by atoms with Gasteiger partial charge < -0.3 is 4.42 Å². The van der Waals surface area contributed by atoms with Crippen molar-refractivity contribution in [3.63, 3.8) is 0 Å². The Morgan fingerprint density at radius 3 is 2.26 bits per heavy atom. The molecular formula is C49H49N3O+2. The average molecular weight is 696 g/mol. The minimum Gasteiger partial charge on any atom is -0.437 e. The van der Waals surface area contributed by atoms with E-state index >= 15 is 0 Å². The van der Waals surface area contributed by atoms with Crippen LogP contribution < -0.4 is 9.13 Å². The highest BCUT2D eigenvalue weighted by atomic mass is 16.3. The van der Waals surface area contributed by atoms with Gasteiger partial charge in [-0.3, -0.25) is 0 Å². The van der Waals surface area contributed by atoms with E-state index in [4.69, 9.17) is 16.0 Å². The normalized spacial score (nSPS) is 16.7. The van der Waals surface area contributed by atoms with Gasteiger partial charge in [0.1, 0.15) is 0 Å². The third-order valence-corrected chi connectivity index (χ3v) is 12.2. The van der Waals surface area contributed by atoms with E-state index in [-0.39, 0.29) is 6.04 Å². The first-order valence-corrected chi connectivity index (χ1v) is 19.4. The summed E-state index contributed by atoms with van der Waals surface area (Å²) in [5, 5.41) is 2.15. The summed E-state index contributed by atoms with van der Waals surface area (Å²) in [6.45, 7) is 20.6. The van der Waals surface area contributed by atoms with Crippen molar-refractivity contribution in [1.29, 1.82) is 0 Å². The molecule has 0 saturated carbocycles. The van der Waals surface area contributed by atoms with Gasteiger partial charge in [-0.25, -0.2) is 4.98 Å². The molecule has 2 unspecified atom stereocenters. The van der Waals surface area contributed by atoms with Crippen molar-refractivity contribution in [3.05, 3.63) is 143 Å². The van der Waals surface area contributed by atoms with Crippen LogP contribution in [0, 0.1) is 20.8 Å². The second-order valence-electron chi connectivity index (χ2n) is 16.1. The van der Waals surface area contributed by atoms with Gasteiger partial charge in [-0.05, 0) is 91.3 Å². The fourth-order valence-electron chi connectivity index (χ4n) is 9.42. The van der Waals surface area contributed by atoms with Crippen LogP contribution in [-0.4, -0.2) is 4.98 Å². The molecule has 4 nitrogen and oxygen atoms in total. The molecule has 2 aliphatic heterocycles. The van der Waals surface area contributed by atoms with Crippen molar-refractivity contribution in [1.82, 2.24) is 4.98 Å². The smallest absolute Gasteiger partial charge is 0.227 e. The predicted octanol–water partition coefficient (Wildman–Crippen LogP) is 11.9. The lowest BCUT2D eigenvalue weighted by Gasteiger charge is -2.31. The maximum absolute atomic E-state index is 7.01. The number of hydrogen-bond acceptors (Lipinski definition) is 2. The summed E-state index contributed by atoms with van der Waals surface area (Å²) < 4.78 is 12.0. The maximum atomic E-state index is 7.01. The number of allylic oxidation sites excluding steroid dienone is 1. The molecule has 0 spiro atoms. The Bertz CT molecular complexity index is 2600. The van der Waals surface area contributed by atoms with E-state index < -0.39 is 0 Å². The topological polar surface area (TPSA) is 33.8 Å². The number of nitrogens with zero attached hydrogens (tertiary/aromatic N) is 3. The first-order chi connectivity index (χ1) is 25.6. The molecule has 0 saturated heterocycles. The van der Waals surface area contributed by atoms with Gasteiger partial charge >= 0.3 is 0 Å². The van der Waals surface area contributed by atoms with Crippen LogP contribution >= 0.6 is 0 Å². The molecule has 4 heteroatoms. The lowest BCUT2D eigenvalue weighted by atomic mass is 9.77. The largest absolute Gasteiger partial charge is 0.437 e. The van der Waals surface area contributed by atoms with Gasteiger partial charge in [-0.15, -0.1) is 0 Å². The zero-order valence-corrected chi connectivity index (χ0v) is 32.1. The third kappa shape index (κ3) is 5.29. The van der Waals surface area contributed by atoms with Gasteiger partial charge in [-0.1, -0.05) is 76.2 Å². The third-order valence-electron chi connectivity index (χ3n) is 12.2. The van der Waals surface area contributed by atoms with Crippen LogP contribution in [0.1, 0.15) is 103 Å². The van der Waals surface area contributed by atoms with Crippen LogP contribution in [0.25, 0.3) is 61.5 Å². The summed E-state index contributed by atoms with van der Waals surface area (Å²) in [6, 6.07) is 34.2. The Hall–Kier alpha value is -5.35. The monoisotopic (exact) mass is 695 g/mol. The van der Waals surface area contributed by atoms with E-state index in [1.807, 2.05) is 0 Å². The number of rotatable bonds is 3. The van der Waals surface area contributed by atoms with Crippen molar-refractivity contribution >= 4 is 27.8 Å². The molecule has 2 aliphatic rings. The maximum Gasteiger partial charge on any atom is 0.227 e. The summed E-state index contributed by atoms with van der Waals surface area (Å²) in [6.07, 6.45) is 5.14. The highest BCUT2D eigenvalue weighted by Crippen LogP contribution is 2.46. The molecule has 0 bridgehead atoms. The molecule has 6 heterocycles. The second-order valence-corrected chi connectivity index (χ2v) is 16.1. The Labute approximate surface area is 313 Å². The quantitative estimate of drug-likeness (QED) is 0.172. The van der Waals surface area contributed by atoms with E-state index in [0.717, 1.165) is 58.3 Å². The minimum absolute atomic E-state index is 0.281. The van der Waals surface area contributed by atoms with Crippen LogP contribution in [-0.2, 0) is 6.42 Å². The molecule has 4 aromatic heterocycles. The van der Waals surface area contributed by atoms with Gasteiger partial charge in [-0.2, -0.15) is 9.13 Å². The van der Waals surface area contributed by atoms with Gasteiger partial charge in [0.2, 0.25) is 17.1 Å². The van der Waals surface area contributed by atoms with E-state index in [2.05, 4.69) is 155 Å². The zero-order chi connectivity index (χ0) is 36.7. The SMILES string of the molecule is C=C1CC2c3ccccc3-c3ccc(C)c[n+]3C2CCc2ccc3c(oc4nc(-c5c(C(C)C)cccc5C(C)C)ccc43)c2-c2ccc(C)c(C)[n+]21. The number of pyridine rings is 3. The van der Waals surface area contributed by atoms with Crippen molar-refractivity contribution in [2.24, 2.45) is 0 Å². The Morgan fingerprint density at radius 2 is 1.49 bits per heavy atom. The first kappa shape index (κ1) is 33.5. The summed E-state index contributed by atoms with van der Waals surface area (Å²) in [5.41, 5.74) is 18.9. The van der Waals surface area contributed by atoms with E-state index in [9.17, 15) is 0 Å². The van der Waals surface area contributed by atoms with Gasteiger partial charge in [0, 0.05) is 64.9 Å². The lowest BCUT2D eigenvalue weighted by Crippen LogP contribution is -2.49. The fourth-order valence-corrected chi connectivity index (χ4v) is 9.42. The lowest BCUT2D eigenvalue weighted by molar-refractivity contribution is -0.719. The molecule has 7 aromatic rings. The predicted molar refractivity (Wildman–Crippen MR) is 217 cm³/mol. The van der Waals surface area contributed by atoms with E-state index in [1.165, 1.54) is 55.9 Å². The van der Waals surface area contributed by atoms with Crippen molar-refractivity contribution in [2.45, 2.75) is 91.5 Å². The van der Waals surface area contributed by atoms with Gasteiger partial charge in [0.15, 0.2) is 29.2 Å². The van der Waals surface area contributed by atoms with Gasteiger partial charge in [0.05, 0.1) is 17.2 Å². The van der Waals surface area contributed by atoms with E-state index in [0.29, 0.717) is 23.5 Å². The van der Waals surface area contributed by atoms with Crippen molar-refractivity contribution in [3.8, 4) is 33.8 Å². The number of fused-ring (bicyclic) bond motifs is 13. The first-order valence-electron chi connectivity index (χ1n) is 19.4. The summed E-state index contributed by atoms with van der Waals surface area (Å²) in [7, 11) is 0. The molecule has 0 amide bonds. The molecule has 53 heavy (non-hydrogen) atoms. The molecule has 0 N–H and O–H groups in total. The minimum atomic E-state index is 0.281. The summed E-state index contributed by atoms with van der Waals surface area (Å²) in [5.74, 6) is 1.05.